The summed E-state index contributed by atoms with van der Waals surface area (Å²) in [5, 5.41) is 9.03. The fourth-order valence-corrected chi connectivity index (χ4v) is 3.03. The van der Waals surface area contributed by atoms with Crippen molar-refractivity contribution in [2.75, 3.05) is 26.2 Å². The van der Waals surface area contributed by atoms with Crippen LogP contribution in [0.3, 0.4) is 0 Å². The van der Waals surface area contributed by atoms with Gasteiger partial charge >= 0.3 is 0 Å². The molecule has 1 heterocycles. The maximum atomic E-state index is 11.9. The smallest absolute Gasteiger partial charge is 0.226 e. The standard InChI is InChI=1S/C18H25N3O2S/c1-3-9-19-10-11-20-17(22)12-15-13-24-18(21-15)14-5-7-16(8-6-14)23-4-2/h5-8,13,19H,3-4,9-12H2,1-2H3,(H,20,22). The molecule has 0 atom stereocenters. The van der Waals surface area contributed by atoms with Gasteiger partial charge in [-0.05, 0) is 44.2 Å². The Morgan fingerprint density at radius 3 is 2.67 bits per heavy atom. The van der Waals surface area contributed by atoms with Gasteiger partial charge in [0.25, 0.3) is 0 Å². The number of benzene rings is 1. The summed E-state index contributed by atoms with van der Waals surface area (Å²) in [7, 11) is 0. The van der Waals surface area contributed by atoms with Crippen LogP contribution >= 0.6 is 11.3 Å². The molecule has 130 valence electrons. The quantitative estimate of drug-likeness (QED) is 0.649. The molecule has 6 heteroatoms. The molecule has 2 aromatic rings. The number of nitrogens with zero attached hydrogens (tertiary/aromatic N) is 1. The van der Waals surface area contributed by atoms with Crippen molar-refractivity contribution in [2.24, 2.45) is 0 Å². The van der Waals surface area contributed by atoms with Crippen LogP contribution in [-0.2, 0) is 11.2 Å². The van der Waals surface area contributed by atoms with E-state index in [0.29, 0.717) is 19.6 Å². The summed E-state index contributed by atoms with van der Waals surface area (Å²) in [6.45, 7) is 7.17. The minimum Gasteiger partial charge on any atom is -0.494 e. The zero-order chi connectivity index (χ0) is 17.2. The molecule has 0 aliphatic carbocycles. The number of nitrogens with one attached hydrogen (secondary N) is 2. The number of carbonyl (C=O) groups is 1. The van der Waals surface area contributed by atoms with Crippen molar-refractivity contribution >= 4 is 17.2 Å². The highest BCUT2D eigenvalue weighted by molar-refractivity contribution is 7.13. The average molecular weight is 347 g/mol. The van der Waals surface area contributed by atoms with Gasteiger partial charge in [-0.3, -0.25) is 4.79 Å². The summed E-state index contributed by atoms with van der Waals surface area (Å²) < 4.78 is 5.44. The van der Waals surface area contributed by atoms with Crippen LogP contribution in [0.2, 0.25) is 0 Å². The Morgan fingerprint density at radius 2 is 1.96 bits per heavy atom. The van der Waals surface area contributed by atoms with E-state index in [2.05, 4.69) is 22.5 Å². The number of ether oxygens (including phenoxy) is 1. The molecule has 0 unspecified atom stereocenters. The van der Waals surface area contributed by atoms with Crippen LogP contribution in [0, 0.1) is 0 Å². The Kier molecular flexibility index (Phi) is 7.71. The summed E-state index contributed by atoms with van der Waals surface area (Å²) in [5.74, 6) is 0.867. The molecule has 1 aromatic carbocycles. The van der Waals surface area contributed by atoms with Gasteiger partial charge in [0.05, 0.1) is 18.7 Å². The molecule has 1 aromatic heterocycles. The van der Waals surface area contributed by atoms with Gasteiger partial charge in [-0.2, -0.15) is 0 Å². The monoisotopic (exact) mass is 347 g/mol. The first-order valence-corrected chi connectivity index (χ1v) is 9.26. The molecular formula is C18H25N3O2S. The summed E-state index contributed by atoms with van der Waals surface area (Å²) in [6, 6.07) is 7.87. The van der Waals surface area contributed by atoms with Crippen molar-refractivity contribution < 1.29 is 9.53 Å². The van der Waals surface area contributed by atoms with Gasteiger partial charge < -0.3 is 15.4 Å². The van der Waals surface area contributed by atoms with E-state index in [9.17, 15) is 4.79 Å². The number of rotatable bonds is 10. The predicted molar refractivity (Wildman–Crippen MR) is 98.6 cm³/mol. The Bertz CT molecular complexity index is 625. The molecule has 24 heavy (non-hydrogen) atoms. The lowest BCUT2D eigenvalue weighted by atomic mass is 10.2. The SMILES string of the molecule is CCCNCCNC(=O)Cc1csc(-c2ccc(OCC)cc2)n1. The van der Waals surface area contributed by atoms with Gasteiger partial charge in [-0.15, -0.1) is 11.3 Å². The summed E-state index contributed by atoms with van der Waals surface area (Å²) in [6.07, 6.45) is 1.42. The van der Waals surface area contributed by atoms with Gasteiger partial charge in [0, 0.05) is 24.0 Å². The highest BCUT2D eigenvalue weighted by Crippen LogP contribution is 2.25. The van der Waals surface area contributed by atoms with Gasteiger partial charge in [0.15, 0.2) is 0 Å². The molecule has 0 bridgehead atoms. The zero-order valence-electron chi connectivity index (χ0n) is 14.3. The van der Waals surface area contributed by atoms with E-state index in [-0.39, 0.29) is 5.91 Å². The van der Waals surface area contributed by atoms with Crippen LogP contribution in [0.25, 0.3) is 10.6 Å². The number of amides is 1. The number of hydrogen-bond acceptors (Lipinski definition) is 5. The number of aromatic nitrogens is 1. The Morgan fingerprint density at radius 1 is 1.17 bits per heavy atom. The lowest BCUT2D eigenvalue weighted by Crippen LogP contribution is -2.33. The van der Waals surface area contributed by atoms with Gasteiger partial charge in [0.1, 0.15) is 10.8 Å². The zero-order valence-corrected chi connectivity index (χ0v) is 15.1. The molecule has 0 saturated carbocycles. The third-order valence-electron chi connectivity index (χ3n) is 3.36. The van der Waals surface area contributed by atoms with Crippen molar-refractivity contribution in [3.8, 4) is 16.3 Å². The number of hydrogen-bond donors (Lipinski definition) is 2. The molecule has 0 radical (unpaired) electrons. The summed E-state index contributed by atoms with van der Waals surface area (Å²) >= 11 is 1.55. The van der Waals surface area contributed by atoms with Crippen LogP contribution in [0.15, 0.2) is 29.6 Å². The molecule has 5 nitrogen and oxygen atoms in total. The van der Waals surface area contributed by atoms with E-state index in [0.717, 1.165) is 41.5 Å². The Hall–Kier alpha value is -1.92. The molecule has 0 fully saturated rings. The molecule has 0 saturated heterocycles. The number of carbonyl (C=O) groups excluding carboxylic acids is 1. The van der Waals surface area contributed by atoms with Crippen LogP contribution in [0.4, 0.5) is 0 Å². The van der Waals surface area contributed by atoms with Crippen LogP contribution in [-0.4, -0.2) is 37.1 Å². The predicted octanol–water partition coefficient (Wildman–Crippen LogP) is 2.87. The largest absolute Gasteiger partial charge is 0.494 e. The van der Waals surface area contributed by atoms with Crippen molar-refractivity contribution in [2.45, 2.75) is 26.7 Å². The Balaban J connectivity index is 1.83. The second-order valence-electron chi connectivity index (χ2n) is 5.38. The highest BCUT2D eigenvalue weighted by atomic mass is 32.1. The van der Waals surface area contributed by atoms with E-state index in [1.54, 1.807) is 11.3 Å². The van der Waals surface area contributed by atoms with Crippen molar-refractivity contribution in [1.82, 2.24) is 15.6 Å². The lowest BCUT2D eigenvalue weighted by molar-refractivity contribution is -0.120. The van der Waals surface area contributed by atoms with Gasteiger partial charge in [-0.1, -0.05) is 6.92 Å². The molecule has 1 amide bonds. The van der Waals surface area contributed by atoms with E-state index in [4.69, 9.17) is 4.74 Å². The van der Waals surface area contributed by atoms with E-state index >= 15 is 0 Å². The highest BCUT2D eigenvalue weighted by Gasteiger charge is 2.09. The second-order valence-corrected chi connectivity index (χ2v) is 6.24. The average Bonchev–Trinajstić information content (AvgIpc) is 3.04. The first-order valence-electron chi connectivity index (χ1n) is 8.38. The first kappa shape index (κ1) is 18.4. The normalized spacial score (nSPS) is 10.6. The number of thiazole rings is 1. The van der Waals surface area contributed by atoms with Crippen LogP contribution in [0.1, 0.15) is 26.0 Å². The van der Waals surface area contributed by atoms with E-state index in [1.165, 1.54) is 0 Å². The van der Waals surface area contributed by atoms with Crippen LogP contribution < -0.4 is 15.4 Å². The summed E-state index contributed by atoms with van der Waals surface area (Å²) in [4.78, 5) is 16.5. The van der Waals surface area contributed by atoms with E-state index in [1.807, 2.05) is 36.6 Å². The van der Waals surface area contributed by atoms with Crippen molar-refractivity contribution in [3.63, 3.8) is 0 Å². The maximum Gasteiger partial charge on any atom is 0.226 e. The molecule has 0 aliphatic heterocycles. The third-order valence-corrected chi connectivity index (χ3v) is 4.30. The first-order chi connectivity index (χ1) is 11.7. The second kappa shape index (κ2) is 10.1. The fraction of sp³-hybridized carbons (Fsp3) is 0.444. The molecular weight excluding hydrogens is 322 g/mol. The third kappa shape index (κ3) is 5.94. The minimum absolute atomic E-state index is 0.0110. The van der Waals surface area contributed by atoms with E-state index < -0.39 is 0 Å². The molecule has 2 N–H and O–H groups in total. The van der Waals surface area contributed by atoms with Crippen LogP contribution in [0.5, 0.6) is 5.75 Å². The van der Waals surface area contributed by atoms with Gasteiger partial charge in [0.2, 0.25) is 5.91 Å². The molecule has 0 spiro atoms. The van der Waals surface area contributed by atoms with Gasteiger partial charge in [-0.25, -0.2) is 4.98 Å². The summed E-state index contributed by atoms with van der Waals surface area (Å²) in [5.41, 5.74) is 1.85. The topological polar surface area (TPSA) is 63.2 Å². The maximum absolute atomic E-state index is 11.9. The molecule has 0 aliphatic rings. The Labute approximate surface area is 147 Å². The lowest BCUT2D eigenvalue weighted by Gasteiger charge is -2.05. The fourth-order valence-electron chi connectivity index (χ4n) is 2.20. The van der Waals surface area contributed by atoms with Crippen molar-refractivity contribution in [3.05, 3.63) is 35.3 Å². The van der Waals surface area contributed by atoms with Crippen molar-refractivity contribution in [1.29, 1.82) is 0 Å². The minimum atomic E-state index is 0.0110. The molecule has 2 rings (SSSR count).